The molecule has 22 heavy (non-hydrogen) atoms. The molecule has 1 saturated carbocycles. The highest BCUT2D eigenvalue weighted by Gasteiger charge is 2.18. The average molecular weight is 323 g/mol. The number of halogens is 3. The highest BCUT2D eigenvalue weighted by molar-refractivity contribution is 6.25. The summed E-state index contributed by atoms with van der Waals surface area (Å²) in [5.74, 6) is 5.40. The minimum Gasteiger partial charge on any atom is -0.206 e. The lowest BCUT2D eigenvalue weighted by Crippen LogP contribution is -2.11. The van der Waals surface area contributed by atoms with Gasteiger partial charge in [-0.05, 0) is 55.7 Å². The van der Waals surface area contributed by atoms with Crippen LogP contribution in [0.25, 0.3) is 0 Å². The van der Waals surface area contributed by atoms with Crippen LogP contribution in [-0.4, -0.2) is 0 Å². The van der Waals surface area contributed by atoms with E-state index in [0.29, 0.717) is 17.9 Å². The Hall–Kier alpha value is -1.33. The fraction of sp³-hybridized carbons (Fsp3) is 0.474. The average Bonchev–Trinajstić information content (AvgIpc) is 2.49. The van der Waals surface area contributed by atoms with E-state index in [2.05, 4.69) is 11.8 Å². The Labute approximate surface area is 136 Å². The molecule has 0 aromatic heterocycles. The van der Waals surface area contributed by atoms with Gasteiger partial charge in [0.2, 0.25) is 0 Å². The van der Waals surface area contributed by atoms with Crippen LogP contribution in [0.15, 0.2) is 23.7 Å². The van der Waals surface area contributed by atoms with Crippen LogP contribution in [0.2, 0.25) is 0 Å². The molecule has 0 atom stereocenters. The molecule has 118 valence electrons. The summed E-state index contributed by atoms with van der Waals surface area (Å²) in [6.07, 6.45) is 7.53. The van der Waals surface area contributed by atoms with Gasteiger partial charge in [0.1, 0.15) is 11.6 Å². The standard InChI is InChI=1S/C19H21ClF2/c1-2-3-16-12-18(21)17(19(22)13-16)9-8-14-4-6-15(7-5-14)10-11-20/h10-15H,2-7H2,1H3/b11-10+. The Kier molecular flexibility index (Phi) is 6.46. The Morgan fingerprint density at radius 1 is 1.18 bits per heavy atom. The van der Waals surface area contributed by atoms with E-state index in [9.17, 15) is 8.78 Å². The lowest BCUT2D eigenvalue weighted by molar-refractivity contribution is 0.365. The molecular weight excluding hydrogens is 302 g/mol. The monoisotopic (exact) mass is 322 g/mol. The van der Waals surface area contributed by atoms with E-state index >= 15 is 0 Å². The van der Waals surface area contributed by atoms with Crippen LogP contribution in [0.4, 0.5) is 8.78 Å². The van der Waals surface area contributed by atoms with Crippen molar-refractivity contribution in [2.75, 3.05) is 0 Å². The number of hydrogen-bond donors (Lipinski definition) is 0. The van der Waals surface area contributed by atoms with Gasteiger partial charge in [-0.1, -0.05) is 42.9 Å². The third-order valence-electron chi connectivity index (χ3n) is 4.16. The second-order valence-electron chi connectivity index (χ2n) is 5.88. The zero-order chi connectivity index (χ0) is 15.9. The van der Waals surface area contributed by atoms with E-state index in [1.54, 1.807) is 5.54 Å². The van der Waals surface area contributed by atoms with Gasteiger partial charge in [-0.25, -0.2) is 8.78 Å². The third kappa shape index (κ3) is 4.58. The van der Waals surface area contributed by atoms with Crippen molar-refractivity contribution >= 4 is 11.6 Å². The smallest absolute Gasteiger partial charge is 0.142 e. The van der Waals surface area contributed by atoms with Crippen molar-refractivity contribution in [2.24, 2.45) is 11.8 Å². The SMILES string of the molecule is CCCc1cc(F)c(C#CC2CCC(/C=C/Cl)CC2)c(F)c1. The minimum atomic E-state index is -0.547. The number of hydrogen-bond acceptors (Lipinski definition) is 0. The first kappa shape index (κ1) is 17.0. The van der Waals surface area contributed by atoms with Crippen LogP contribution >= 0.6 is 11.6 Å². The van der Waals surface area contributed by atoms with E-state index in [1.807, 2.05) is 13.0 Å². The Balaban J connectivity index is 2.06. The van der Waals surface area contributed by atoms with Gasteiger partial charge in [-0.15, -0.1) is 0 Å². The van der Waals surface area contributed by atoms with Crippen molar-refractivity contribution in [3.05, 3.63) is 46.5 Å². The van der Waals surface area contributed by atoms with Gasteiger partial charge in [0.25, 0.3) is 0 Å². The number of aryl methyl sites for hydroxylation is 1. The van der Waals surface area contributed by atoms with E-state index in [0.717, 1.165) is 32.1 Å². The van der Waals surface area contributed by atoms with Crippen molar-refractivity contribution in [2.45, 2.75) is 45.4 Å². The first-order chi connectivity index (χ1) is 10.6. The highest BCUT2D eigenvalue weighted by Crippen LogP contribution is 2.29. The summed E-state index contributed by atoms with van der Waals surface area (Å²) < 4.78 is 28.0. The summed E-state index contributed by atoms with van der Waals surface area (Å²) in [5.41, 5.74) is 2.17. The second-order valence-corrected chi connectivity index (χ2v) is 6.14. The van der Waals surface area contributed by atoms with E-state index < -0.39 is 11.6 Å². The van der Waals surface area contributed by atoms with Gasteiger partial charge in [-0.2, -0.15) is 0 Å². The Morgan fingerprint density at radius 3 is 2.36 bits per heavy atom. The van der Waals surface area contributed by atoms with Gasteiger partial charge >= 0.3 is 0 Å². The molecule has 0 bridgehead atoms. The molecular formula is C19H21ClF2. The maximum atomic E-state index is 14.0. The molecule has 0 nitrogen and oxygen atoms in total. The van der Waals surface area contributed by atoms with E-state index in [1.165, 1.54) is 12.1 Å². The van der Waals surface area contributed by atoms with Crippen LogP contribution in [-0.2, 0) is 6.42 Å². The molecule has 0 unspecified atom stereocenters. The third-order valence-corrected chi connectivity index (χ3v) is 4.30. The molecule has 2 rings (SSSR count). The maximum absolute atomic E-state index is 14.0. The Bertz CT molecular complexity index is 564. The van der Waals surface area contributed by atoms with Crippen molar-refractivity contribution in [3.8, 4) is 11.8 Å². The van der Waals surface area contributed by atoms with Crippen LogP contribution in [0.5, 0.6) is 0 Å². The quantitative estimate of drug-likeness (QED) is 0.614. The molecule has 0 radical (unpaired) electrons. The summed E-state index contributed by atoms with van der Waals surface area (Å²) in [6, 6.07) is 2.80. The number of benzene rings is 1. The molecule has 0 heterocycles. The fourth-order valence-corrected chi connectivity index (χ4v) is 3.12. The molecule has 3 heteroatoms. The first-order valence-electron chi connectivity index (χ1n) is 7.90. The second kappa shape index (κ2) is 8.34. The van der Waals surface area contributed by atoms with Crippen molar-refractivity contribution in [1.82, 2.24) is 0 Å². The highest BCUT2D eigenvalue weighted by atomic mass is 35.5. The van der Waals surface area contributed by atoms with Crippen molar-refractivity contribution in [3.63, 3.8) is 0 Å². The van der Waals surface area contributed by atoms with Gasteiger partial charge in [0, 0.05) is 11.5 Å². The molecule has 0 amide bonds. The molecule has 0 saturated heterocycles. The summed E-state index contributed by atoms with van der Waals surface area (Å²) in [7, 11) is 0. The van der Waals surface area contributed by atoms with Gasteiger partial charge < -0.3 is 0 Å². The predicted molar refractivity (Wildman–Crippen MR) is 87.7 cm³/mol. The molecule has 1 fully saturated rings. The van der Waals surface area contributed by atoms with E-state index in [4.69, 9.17) is 11.6 Å². The first-order valence-corrected chi connectivity index (χ1v) is 8.34. The van der Waals surface area contributed by atoms with Crippen LogP contribution in [0, 0.1) is 35.3 Å². The fourth-order valence-electron chi connectivity index (χ4n) is 2.91. The molecule has 1 aromatic carbocycles. The van der Waals surface area contributed by atoms with Crippen molar-refractivity contribution in [1.29, 1.82) is 0 Å². The molecule has 1 aliphatic rings. The number of rotatable bonds is 3. The van der Waals surface area contributed by atoms with Gasteiger partial charge in [-0.3, -0.25) is 0 Å². The predicted octanol–water partition coefficient (Wildman–Crippen LogP) is 5.83. The molecule has 0 spiro atoms. The molecule has 0 aliphatic heterocycles. The molecule has 1 aliphatic carbocycles. The lowest BCUT2D eigenvalue weighted by Gasteiger charge is -2.22. The minimum absolute atomic E-state index is 0.0948. The Morgan fingerprint density at radius 2 is 1.82 bits per heavy atom. The summed E-state index contributed by atoms with van der Waals surface area (Å²) in [4.78, 5) is 0. The number of allylic oxidation sites excluding steroid dienone is 1. The summed E-state index contributed by atoms with van der Waals surface area (Å²) >= 11 is 5.59. The van der Waals surface area contributed by atoms with E-state index in [-0.39, 0.29) is 11.5 Å². The largest absolute Gasteiger partial charge is 0.206 e. The maximum Gasteiger partial charge on any atom is 0.142 e. The van der Waals surface area contributed by atoms with Crippen LogP contribution in [0.1, 0.15) is 50.2 Å². The van der Waals surface area contributed by atoms with Crippen LogP contribution < -0.4 is 0 Å². The molecule has 0 N–H and O–H groups in total. The normalized spacial score (nSPS) is 21.6. The lowest BCUT2D eigenvalue weighted by atomic mass is 9.82. The summed E-state index contributed by atoms with van der Waals surface area (Å²) in [5, 5.41) is 0. The zero-order valence-electron chi connectivity index (χ0n) is 12.8. The topological polar surface area (TPSA) is 0 Å². The van der Waals surface area contributed by atoms with Gasteiger partial charge in [0.15, 0.2) is 0 Å². The van der Waals surface area contributed by atoms with Gasteiger partial charge in [0.05, 0.1) is 5.56 Å². The van der Waals surface area contributed by atoms with Crippen molar-refractivity contribution < 1.29 is 8.78 Å². The summed E-state index contributed by atoms with van der Waals surface area (Å²) in [6.45, 7) is 1.99. The zero-order valence-corrected chi connectivity index (χ0v) is 13.6. The van der Waals surface area contributed by atoms with Crippen LogP contribution in [0.3, 0.4) is 0 Å². The molecule has 1 aromatic rings.